The number of halogens is 1. The monoisotopic (exact) mass is 340 g/mol. The zero-order valence-electron chi connectivity index (χ0n) is 11.4. The van der Waals surface area contributed by atoms with E-state index >= 15 is 0 Å². The zero-order valence-corrected chi connectivity index (χ0v) is 13.0. The molecule has 1 amide bonds. The molecule has 7 nitrogen and oxygen atoms in total. The molecule has 1 aromatic heterocycles. The highest BCUT2D eigenvalue weighted by Gasteiger charge is 2.23. The molecule has 9 heteroatoms. The van der Waals surface area contributed by atoms with Crippen molar-refractivity contribution < 1.29 is 13.2 Å². The maximum Gasteiger partial charge on any atom is 0.265 e. The average Bonchev–Trinajstić information content (AvgIpc) is 3.12. The van der Waals surface area contributed by atoms with Gasteiger partial charge in [0, 0.05) is 24.8 Å². The summed E-state index contributed by atoms with van der Waals surface area (Å²) in [5.74, 6) is 0.0194. The van der Waals surface area contributed by atoms with Gasteiger partial charge in [-0.25, -0.2) is 8.42 Å². The van der Waals surface area contributed by atoms with Gasteiger partial charge in [0.25, 0.3) is 10.0 Å². The van der Waals surface area contributed by atoms with Crippen LogP contribution in [0.4, 0.5) is 11.4 Å². The van der Waals surface area contributed by atoms with Crippen LogP contribution in [-0.4, -0.2) is 31.1 Å². The van der Waals surface area contributed by atoms with Crippen molar-refractivity contribution in [2.24, 2.45) is 0 Å². The SMILES string of the molecule is O=C1CCCN1c1ccc(Cl)c(NS(=O)(=O)c2cn[nH]c2)c1. The molecule has 1 aromatic carbocycles. The number of nitrogens with one attached hydrogen (secondary N) is 2. The topological polar surface area (TPSA) is 95.2 Å². The predicted octanol–water partition coefficient (Wildman–Crippen LogP) is 1.99. The summed E-state index contributed by atoms with van der Waals surface area (Å²) in [6.45, 7) is 0.619. The van der Waals surface area contributed by atoms with E-state index in [1.807, 2.05) is 0 Å². The van der Waals surface area contributed by atoms with Crippen molar-refractivity contribution in [1.82, 2.24) is 10.2 Å². The van der Waals surface area contributed by atoms with Crippen LogP contribution in [0.15, 0.2) is 35.5 Å². The van der Waals surface area contributed by atoms with E-state index in [4.69, 9.17) is 11.6 Å². The molecule has 0 aliphatic carbocycles. The first-order valence-corrected chi connectivity index (χ1v) is 8.45. The number of anilines is 2. The Balaban J connectivity index is 1.92. The number of amides is 1. The van der Waals surface area contributed by atoms with Gasteiger partial charge in [-0.3, -0.25) is 14.6 Å². The third kappa shape index (κ3) is 2.79. The van der Waals surface area contributed by atoms with Crippen molar-refractivity contribution >= 4 is 38.9 Å². The Morgan fingerprint density at radius 3 is 2.82 bits per heavy atom. The Kier molecular flexibility index (Phi) is 3.79. The van der Waals surface area contributed by atoms with Gasteiger partial charge < -0.3 is 4.90 Å². The van der Waals surface area contributed by atoms with Gasteiger partial charge in [0.15, 0.2) is 0 Å². The van der Waals surface area contributed by atoms with Gasteiger partial charge in [0.05, 0.1) is 16.9 Å². The molecule has 2 N–H and O–H groups in total. The standard InChI is InChI=1S/C13H13ClN4O3S/c14-11-4-3-9(18-5-1-2-13(18)19)6-12(11)17-22(20,21)10-7-15-16-8-10/h3-4,6-8,17H,1-2,5H2,(H,15,16). The summed E-state index contributed by atoms with van der Waals surface area (Å²) >= 11 is 6.05. The molecule has 0 saturated carbocycles. The van der Waals surface area contributed by atoms with Gasteiger partial charge in [-0.2, -0.15) is 5.10 Å². The Hall–Kier alpha value is -2.06. The Morgan fingerprint density at radius 1 is 1.36 bits per heavy atom. The minimum absolute atomic E-state index is 0.00576. The average molecular weight is 341 g/mol. The maximum absolute atomic E-state index is 12.2. The van der Waals surface area contributed by atoms with Crippen molar-refractivity contribution in [2.45, 2.75) is 17.7 Å². The van der Waals surface area contributed by atoms with Gasteiger partial charge in [0.1, 0.15) is 4.90 Å². The number of hydrogen-bond donors (Lipinski definition) is 2. The van der Waals surface area contributed by atoms with Crippen molar-refractivity contribution in [3.8, 4) is 0 Å². The third-order valence-corrected chi connectivity index (χ3v) is 5.02. The number of H-pyrrole nitrogens is 1. The first kappa shape index (κ1) is 14.9. The summed E-state index contributed by atoms with van der Waals surface area (Å²) in [7, 11) is -3.78. The Morgan fingerprint density at radius 2 is 2.18 bits per heavy atom. The van der Waals surface area contributed by atoms with E-state index in [0.717, 1.165) is 6.42 Å². The molecule has 3 rings (SSSR count). The molecule has 116 valence electrons. The first-order valence-electron chi connectivity index (χ1n) is 6.59. The third-order valence-electron chi connectivity index (χ3n) is 3.36. The van der Waals surface area contributed by atoms with E-state index in [0.29, 0.717) is 18.7 Å². The molecular weight excluding hydrogens is 328 g/mol. The molecule has 1 aliphatic heterocycles. The maximum atomic E-state index is 12.2. The summed E-state index contributed by atoms with van der Waals surface area (Å²) in [4.78, 5) is 13.4. The second kappa shape index (κ2) is 5.62. The summed E-state index contributed by atoms with van der Waals surface area (Å²) in [6.07, 6.45) is 3.75. The molecule has 0 radical (unpaired) electrons. The van der Waals surface area contributed by atoms with E-state index in [2.05, 4.69) is 14.9 Å². The van der Waals surface area contributed by atoms with Gasteiger partial charge in [-0.15, -0.1) is 0 Å². The van der Waals surface area contributed by atoms with Gasteiger partial charge in [0.2, 0.25) is 5.91 Å². The van der Waals surface area contributed by atoms with E-state index in [9.17, 15) is 13.2 Å². The minimum atomic E-state index is -3.78. The van der Waals surface area contributed by atoms with E-state index in [1.165, 1.54) is 12.4 Å². The molecule has 1 saturated heterocycles. The minimum Gasteiger partial charge on any atom is -0.312 e. The number of aromatic amines is 1. The molecule has 2 heterocycles. The molecule has 0 atom stereocenters. The van der Waals surface area contributed by atoms with Gasteiger partial charge in [-0.05, 0) is 24.6 Å². The zero-order chi connectivity index (χ0) is 15.7. The van der Waals surface area contributed by atoms with Crippen molar-refractivity contribution in [3.05, 3.63) is 35.6 Å². The fourth-order valence-corrected chi connectivity index (χ4v) is 3.47. The first-order chi connectivity index (χ1) is 10.5. The fraction of sp³-hybridized carbons (Fsp3) is 0.231. The number of carbonyl (C=O) groups is 1. The summed E-state index contributed by atoms with van der Waals surface area (Å²) in [6, 6.07) is 4.82. The molecule has 0 bridgehead atoms. The molecule has 1 fully saturated rings. The number of benzene rings is 1. The highest BCUT2D eigenvalue weighted by atomic mass is 35.5. The summed E-state index contributed by atoms with van der Waals surface area (Å²) in [5, 5.41) is 6.31. The Labute approximate surface area is 132 Å². The predicted molar refractivity (Wildman–Crippen MR) is 82.4 cm³/mol. The lowest BCUT2D eigenvalue weighted by Crippen LogP contribution is -2.23. The van der Waals surface area contributed by atoms with Crippen LogP contribution in [0.25, 0.3) is 0 Å². The quantitative estimate of drug-likeness (QED) is 0.889. The molecule has 0 unspecified atom stereocenters. The summed E-state index contributed by atoms with van der Waals surface area (Å²) in [5.41, 5.74) is 0.844. The normalized spacial score (nSPS) is 15.3. The lowest BCUT2D eigenvalue weighted by molar-refractivity contribution is -0.117. The lowest BCUT2D eigenvalue weighted by atomic mass is 10.2. The van der Waals surface area contributed by atoms with Crippen LogP contribution in [-0.2, 0) is 14.8 Å². The second-order valence-corrected chi connectivity index (χ2v) is 6.94. The fourth-order valence-electron chi connectivity index (χ4n) is 2.27. The van der Waals surface area contributed by atoms with Crippen LogP contribution in [0.2, 0.25) is 5.02 Å². The second-order valence-electron chi connectivity index (χ2n) is 4.85. The molecule has 1 aliphatic rings. The lowest BCUT2D eigenvalue weighted by Gasteiger charge is -2.17. The van der Waals surface area contributed by atoms with Crippen LogP contribution >= 0.6 is 11.6 Å². The number of rotatable bonds is 4. The smallest absolute Gasteiger partial charge is 0.265 e. The Bertz CT molecular complexity index is 805. The number of sulfonamides is 1. The molecular formula is C13H13ClN4O3S. The molecule has 2 aromatic rings. The highest BCUT2D eigenvalue weighted by molar-refractivity contribution is 7.92. The van der Waals surface area contributed by atoms with E-state index in [1.54, 1.807) is 23.1 Å². The van der Waals surface area contributed by atoms with Crippen LogP contribution in [0, 0.1) is 0 Å². The highest BCUT2D eigenvalue weighted by Crippen LogP contribution is 2.31. The number of nitrogens with zero attached hydrogens (tertiary/aromatic N) is 2. The van der Waals surface area contributed by atoms with Crippen LogP contribution in [0.5, 0.6) is 0 Å². The number of hydrogen-bond acceptors (Lipinski definition) is 4. The molecule has 0 spiro atoms. The van der Waals surface area contributed by atoms with Crippen LogP contribution in [0.1, 0.15) is 12.8 Å². The molecule has 22 heavy (non-hydrogen) atoms. The van der Waals surface area contributed by atoms with Crippen molar-refractivity contribution in [2.75, 3.05) is 16.2 Å². The van der Waals surface area contributed by atoms with Crippen LogP contribution in [0.3, 0.4) is 0 Å². The van der Waals surface area contributed by atoms with Crippen molar-refractivity contribution in [1.29, 1.82) is 0 Å². The van der Waals surface area contributed by atoms with Gasteiger partial charge in [-0.1, -0.05) is 11.6 Å². The summed E-state index contributed by atoms with van der Waals surface area (Å²) < 4.78 is 26.8. The number of carbonyl (C=O) groups excluding carboxylic acids is 1. The van der Waals surface area contributed by atoms with E-state index < -0.39 is 10.0 Å². The largest absolute Gasteiger partial charge is 0.312 e. The van der Waals surface area contributed by atoms with E-state index in [-0.39, 0.29) is 21.5 Å². The van der Waals surface area contributed by atoms with Crippen LogP contribution < -0.4 is 9.62 Å². The van der Waals surface area contributed by atoms with Crippen molar-refractivity contribution in [3.63, 3.8) is 0 Å². The van der Waals surface area contributed by atoms with Gasteiger partial charge >= 0.3 is 0 Å². The number of aromatic nitrogens is 2.